The van der Waals surface area contributed by atoms with E-state index in [9.17, 15) is 18.3 Å². The second-order valence-corrected chi connectivity index (χ2v) is 5.25. The van der Waals surface area contributed by atoms with Crippen molar-refractivity contribution in [2.24, 2.45) is 5.41 Å². The van der Waals surface area contributed by atoms with Crippen LogP contribution in [-0.2, 0) is 0 Å². The minimum absolute atomic E-state index is 0.0152. The van der Waals surface area contributed by atoms with E-state index in [-0.39, 0.29) is 12.0 Å². The topological polar surface area (TPSA) is 32.3 Å². The van der Waals surface area contributed by atoms with E-state index >= 15 is 0 Å². The van der Waals surface area contributed by atoms with Gasteiger partial charge in [0.15, 0.2) is 0 Å². The van der Waals surface area contributed by atoms with Crippen molar-refractivity contribution in [1.29, 1.82) is 0 Å². The first-order chi connectivity index (χ1) is 6.68. The van der Waals surface area contributed by atoms with Crippen molar-refractivity contribution in [3.05, 3.63) is 0 Å². The van der Waals surface area contributed by atoms with Crippen LogP contribution in [0.3, 0.4) is 0 Å². The van der Waals surface area contributed by atoms with Crippen LogP contribution in [0.1, 0.15) is 33.1 Å². The zero-order valence-electron chi connectivity index (χ0n) is 9.12. The lowest BCUT2D eigenvalue weighted by atomic mass is 9.88. The molecule has 0 radical (unpaired) electrons. The van der Waals surface area contributed by atoms with Crippen molar-refractivity contribution in [3.8, 4) is 0 Å². The van der Waals surface area contributed by atoms with E-state index in [1.807, 2.05) is 13.8 Å². The molecule has 90 valence electrons. The number of halogens is 3. The van der Waals surface area contributed by atoms with Gasteiger partial charge in [-0.05, 0) is 24.7 Å². The van der Waals surface area contributed by atoms with Gasteiger partial charge in [-0.1, -0.05) is 13.8 Å². The Morgan fingerprint density at radius 3 is 2.20 bits per heavy atom. The lowest BCUT2D eigenvalue weighted by Gasteiger charge is -2.30. The molecule has 0 amide bonds. The van der Waals surface area contributed by atoms with Gasteiger partial charge < -0.3 is 10.4 Å². The fraction of sp³-hybridized carbons (Fsp3) is 1.00. The summed E-state index contributed by atoms with van der Waals surface area (Å²) in [6.07, 6.45) is -2.17. The van der Waals surface area contributed by atoms with Crippen LogP contribution in [0.4, 0.5) is 13.2 Å². The summed E-state index contributed by atoms with van der Waals surface area (Å²) in [7, 11) is 0. The number of alkyl halides is 3. The highest BCUT2D eigenvalue weighted by molar-refractivity contribution is 4.99. The molecule has 0 aliphatic heterocycles. The maximum atomic E-state index is 12.1. The second kappa shape index (κ2) is 3.94. The Morgan fingerprint density at radius 1 is 1.27 bits per heavy atom. The van der Waals surface area contributed by atoms with Gasteiger partial charge in [-0.15, -0.1) is 0 Å². The molecule has 1 fully saturated rings. The third kappa shape index (κ3) is 3.65. The van der Waals surface area contributed by atoms with Gasteiger partial charge in [0.2, 0.25) is 0 Å². The molecular weight excluding hydrogens is 207 g/mol. The first kappa shape index (κ1) is 12.8. The molecule has 1 rings (SSSR count). The van der Waals surface area contributed by atoms with E-state index in [0.29, 0.717) is 12.8 Å². The summed E-state index contributed by atoms with van der Waals surface area (Å²) in [6, 6.07) is 0. The Bertz CT molecular complexity index is 227. The summed E-state index contributed by atoms with van der Waals surface area (Å²) in [5, 5.41) is 11.7. The third-order valence-electron chi connectivity index (χ3n) is 3.06. The van der Waals surface area contributed by atoms with E-state index in [0.717, 1.165) is 6.42 Å². The van der Waals surface area contributed by atoms with E-state index in [1.54, 1.807) is 0 Å². The molecule has 0 spiro atoms. The normalized spacial score (nSPS) is 30.8. The second-order valence-electron chi connectivity index (χ2n) is 5.25. The minimum atomic E-state index is -4.21. The zero-order chi connectivity index (χ0) is 11.7. The minimum Gasteiger partial charge on any atom is -0.394 e. The van der Waals surface area contributed by atoms with E-state index in [2.05, 4.69) is 5.32 Å². The van der Waals surface area contributed by atoms with Crippen molar-refractivity contribution < 1.29 is 18.3 Å². The SMILES string of the molecule is CC1(C)CCC(CO)(NCC(F)(F)F)C1. The first-order valence-corrected chi connectivity index (χ1v) is 5.11. The quantitative estimate of drug-likeness (QED) is 0.770. The molecule has 1 atom stereocenters. The summed E-state index contributed by atoms with van der Waals surface area (Å²) >= 11 is 0. The van der Waals surface area contributed by atoms with Crippen molar-refractivity contribution >= 4 is 0 Å². The number of aliphatic hydroxyl groups excluding tert-OH is 1. The molecule has 1 unspecified atom stereocenters. The van der Waals surface area contributed by atoms with Gasteiger partial charge in [-0.3, -0.25) is 0 Å². The third-order valence-corrected chi connectivity index (χ3v) is 3.06. The van der Waals surface area contributed by atoms with Gasteiger partial charge in [-0.25, -0.2) is 0 Å². The van der Waals surface area contributed by atoms with E-state index in [4.69, 9.17) is 0 Å². The molecule has 0 heterocycles. The monoisotopic (exact) mass is 225 g/mol. The van der Waals surface area contributed by atoms with Crippen molar-refractivity contribution in [3.63, 3.8) is 0 Å². The molecule has 0 aromatic heterocycles. The van der Waals surface area contributed by atoms with Crippen LogP contribution in [0.2, 0.25) is 0 Å². The number of aliphatic hydroxyl groups is 1. The lowest BCUT2D eigenvalue weighted by Crippen LogP contribution is -2.50. The molecule has 5 heteroatoms. The van der Waals surface area contributed by atoms with Crippen molar-refractivity contribution in [2.45, 2.75) is 44.8 Å². The van der Waals surface area contributed by atoms with Crippen LogP contribution in [0, 0.1) is 5.41 Å². The number of rotatable bonds is 3. The average molecular weight is 225 g/mol. The van der Waals surface area contributed by atoms with Crippen molar-refractivity contribution in [1.82, 2.24) is 5.32 Å². The van der Waals surface area contributed by atoms with Crippen LogP contribution in [0.25, 0.3) is 0 Å². The summed E-state index contributed by atoms with van der Waals surface area (Å²) in [4.78, 5) is 0. The molecule has 1 aliphatic carbocycles. The molecule has 2 N–H and O–H groups in total. The van der Waals surface area contributed by atoms with Gasteiger partial charge in [0.25, 0.3) is 0 Å². The Hall–Kier alpha value is -0.290. The van der Waals surface area contributed by atoms with Crippen LogP contribution in [-0.4, -0.2) is 30.0 Å². The molecule has 0 bridgehead atoms. The summed E-state index contributed by atoms with van der Waals surface area (Å²) in [5.41, 5.74) is -0.722. The highest BCUT2D eigenvalue weighted by atomic mass is 19.4. The number of hydrogen-bond donors (Lipinski definition) is 2. The summed E-state index contributed by atoms with van der Waals surface area (Å²) in [6.45, 7) is 2.77. The Kier molecular flexibility index (Phi) is 3.36. The molecule has 15 heavy (non-hydrogen) atoms. The molecule has 0 saturated heterocycles. The fourth-order valence-electron chi connectivity index (χ4n) is 2.30. The summed E-state index contributed by atoms with van der Waals surface area (Å²) in [5.74, 6) is 0. The van der Waals surface area contributed by atoms with Crippen molar-refractivity contribution in [2.75, 3.05) is 13.2 Å². The molecule has 0 aromatic rings. The van der Waals surface area contributed by atoms with Crippen LogP contribution >= 0.6 is 0 Å². The predicted molar refractivity (Wildman–Crippen MR) is 51.5 cm³/mol. The maximum absolute atomic E-state index is 12.1. The van der Waals surface area contributed by atoms with Gasteiger partial charge in [0, 0.05) is 5.54 Å². The van der Waals surface area contributed by atoms with Crippen LogP contribution in [0.5, 0.6) is 0 Å². The van der Waals surface area contributed by atoms with Crippen LogP contribution < -0.4 is 5.32 Å². The molecule has 0 aromatic carbocycles. The Balaban J connectivity index is 2.56. The van der Waals surface area contributed by atoms with Gasteiger partial charge >= 0.3 is 6.18 Å². The van der Waals surface area contributed by atoms with E-state index < -0.39 is 18.3 Å². The highest BCUT2D eigenvalue weighted by Gasteiger charge is 2.44. The molecular formula is C10H18F3NO. The fourth-order valence-corrected chi connectivity index (χ4v) is 2.30. The number of nitrogens with one attached hydrogen (secondary N) is 1. The molecule has 2 nitrogen and oxygen atoms in total. The lowest BCUT2D eigenvalue weighted by molar-refractivity contribution is -0.130. The average Bonchev–Trinajstić information content (AvgIpc) is 2.39. The Labute approximate surface area is 87.9 Å². The smallest absolute Gasteiger partial charge is 0.394 e. The molecule has 1 saturated carbocycles. The van der Waals surface area contributed by atoms with Gasteiger partial charge in [-0.2, -0.15) is 13.2 Å². The zero-order valence-corrected chi connectivity index (χ0v) is 9.12. The molecule has 1 aliphatic rings. The Morgan fingerprint density at radius 2 is 1.87 bits per heavy atom. The van der Waals surface area contributed by atoms with E-state index in [1.165, 1.54) is 0 Å². The van der Waals surface area contributed by atoms with Gasteiger partial charge in [0.1, 0.15) is 0 Å². The standard InChI is InChI=1S/C10H18F3NO/c1-8(2)3-4-9(5-8,7-15)14-6-10(11,12)13/h14-15H,3-7H2,1-2H3. The number of hydrogen-bond acceptors (Lipinski definition) is 2. The predicted octanol–water partition coefficient (Wildman–Crippen LogP) is 2.08. The largest absolute Gasteiger partial charge is 0.401 e. The highest BCUT2D eigenvalue weighted by Crippen LogP contribution is 2.43. The van der Waals surface area contributed by atoms with Crippen LogP contribution in [0.15, 0.2) is 0 Å². The maximum Gasteiger partial charge on any atom is 0.401 e. The van der Waals surface area contributed by atoms with Gasteiger partial charge in [0.05, 0.1) is 13.2 Å². The first-order valence-electron chi connectivity index (χ1n) is 5.11. The summed E-state index contributed by atoms with van der Waals surface area (Å²) < 4.78 is 36.2.